The highest BCUT2D eigenvalue weighted by atomic mass is 16.5. The van der Waals surface area contributed by atoms with Gasteiger partial charge < -0.3 is 25.2 Å². The molecule has 8 nitrogen and oxygen atoms in total. The highest BCUT2D eigenvalue weighted by Crippen LogP contribution is 2.44. The van der Waals surface area contributed by atoms with Crippen LogP contribution in [0.25, 0.3) is 0 Å². The summed E-state index contributed by atoms with van der Waals surface area (Å²) in [6, 6.07) is 5.12. The second kappa shape index (κ2) is 9.30. The summed E-state index contributed by atoms with van der Waals surface area (Å²) in [5.41, 5.74) is 7.37. The number of ketones is 1. The molecule has 34 heavy (non-hydrogen) atoms. The number of anilines is 1. The topological polar surface area (TPSA) is 96.2 Å². The van der Waals surface area contributed by atoms with Gasteiger partial charge in [0.2, 0.25) is 11.8 Å². The van der Waals surface area contributed by atoms with Gasteiger partial charge in [-0.2, -0.15) is 0 Å². The highest BCUT2D eigenvalue weighted by Gasteiger charge is 2.53. The number of Topliss-reactive ketones (excluding diaryl/α,β-unsaturated/α-hetero) is 1. The molecule has 2 amide bonds. The summed E-state index contributed by atoms with van der Waals surface area (Å²) >= 11 is 0. The van der Waals surface area contributed by atoms with E-state index in [9.17, 15) is 14.4 Å². The largest absolute Gasteiger partial charge is 0.369 e. The molecule has 186 valence electrons. The fourth-order valence-corrected chi connectivity index (χ4v) is 5.65. The minimum atomic E-state index is -0.605. The Labute approximate surface area is 202 Å². The first-order valence-corrected chi connectivity index (χ1v) is 12.4. The number of carbonyl (C=O) groups excluding carboxylic acids is 3. The first kappa shape index (κ1) is 24.7. The number of nitrogens with two attached hydrogens (primary N) is 1. The van der Waals surface area contributed by atoms with Crippen LogP contribution in [0.2, 0.25) is 0 Å². The van der Waals surface area contributed by atoms with Gasteiger partial charge in [0.15, 0.2) is 5.78 Å². The van der Waals surface area contributed by atoms with E-state index in [1.165, 1.54) is 0 Å². The molecule has 3 aliphatic heterocycles. The van der Waals surface area contributed by atoms with Crippen molar-refractivity contribution in [1.82, 2.24) is 9.80 Å². The fraction of sp³-hybridized carbons (Fsp3) is 0.654. The first-order chi connectivity index (χ1) is 16.0. The van der Waals surface area contributed by atoms with E-state index in [2.05, 4.69) is 16.8 Å². The van der Waals surface area contributed by atoms with Gasteiger partial charge in [0.1, 0.15) is 12.6 Å². The Morgan fingerprint density at radius 2 is 1.88 bits per heavy atom. The maximum absolute atomic E-state index is 14.2. The van der Waals surface area contributed by atoms with E-state index >= 15 is 0 Å². The Hall–Kier alpha value is -2.45. The third-order valence-electron chi connectivity index (χ3n) is 8.14. The molecule has 1 aromatic rings. The predicted molar refractivity (Wildman–Crippen MR) is 131 cm³/mol. The molecule has 0 unspecified atom stereocenters. The molecule has 3 heterocycles. The average Bonchev–Trinajstić information content (AvgIpc) is 3.34. The summed E-state index contributed by atoms with van der Waals surface area (Å²) < 4.78 is 5.72. The summed E-state index contributed by atoms with van der Waals surface area (Å²) in [5.74, 6) is -1.23. The Morgan fingerprint density at radius 1 is 1.21 bits per heavy atom. The molecule has 4 atom stereocenters. The lowest BCUT2D eigenvalue weighted by Crippen LogP contribution is -2.47. The molecular weight excluding hydrogens is 432 g/mol. The second-order valence-corrected chi connectivity index (χ2v) is 10.9. The lowest BCUT2D eigenvalue weighted by molar-refractivity contribution is -0.140. The first-order valence-electron chi connectivity index (χ1n) is 12.4. The number of likely N-dealkylation sites (N-methyl/N-ethyl adjacent to an activating group) is 1. The Kier molecular flexibility index (Phi) is 6.75. The van der Waals surface area contributed by atoms with Gasteiger partial charge in [-0.15, -0.1) is 0 Å². The van der Waals surface area contributed by atoms with Gasteiger partial charge in [0.05, 0.1) is 12.0 Å². The van der Waals surface area contributed by atoms with E-state index in [1.807, 2.05) is 39.8 Å². The van der Waals surface area contributed by atoms with Crippen LogP contribution in [-0.4, -0.2) is 85.9 Å². The lowest BCUT2D eigenvalue weighted by atomic mass is 9.71. The number of fused-ring (bicyclic) bond motifs is 1. The summed E-state index contributed by atoms with van der Waals surface area (Å²) in [5, 5.41) is 0. The second-order valence-electron chi connectivity index (χ2n) is 10.9. The standard InChI is InChI=1S/C26H38N4O4/c1-6-26(3,4)21(25(33)30-14-16(2)23-22(30)20(31)15-34-23)19-13-17(7-8-18(19)24(27)32)29-11-9-28(5)10-12-29/h7-8,13,16,21-23H,6,9-12,14-15H2,1-5H3,(H2,27,32)/t16-,21-,22+,23+/m0/s1. The third kappa shape index (κ3) is 4.33. The van der Waals surface area contributed by atoms with Crippen molar-refractivity contribution >= 4 is 23.3 Å². The maximum atomic E-state index is 14.2. The average molecular weight is 471 g/mol. The predicted octanol–water partition coefficient (Wildman–Crippen LogP) is 1.87. The molecule has 3 saturated heterocycles. The molecule has 3 fully saturated rings. The molecule has 0 spiro atoms. The Bertz CT molecular complexity index is 970. The number of hydrogen-bond acceptors (Lipinski definition) is 6. The number of likely N-dealkylation sites (tertiary alicyclic amines) is 1. The van der Waals surface area contributed by atoms with Crippen LogP contribution in [0, 0.1) is 11.3 Å². The molecule has 4 rings (SSSR count). The molecule has 0 aliphatic carbocycles. The van der Waals surface area contributed by atoms with Gasteiger partial charge in [0.25, 0.3) is 0 Å². The number of amides is 2. The van der Waals surface area contributed by atoms with E-state index in [1.54, 1.807) is 11.0 Å². The minimum Gasteiger partial charge on any atom is -0.369 e. The molecule has 0 aromatic heterocycles. The number of primary amides is 1. The molecule has 3 aliphatic rings. The van der Waals surface area contributed by atoms with Crippen LogP contribution in [-0.2, 0) is 14.3 Å². The van der Waals surface area contributed by atoms with Crippen LogP contribution in [0.15, 0.2) is 18.2 Å². The molecule has 2 N–H and O–H groups in total. The van der Waals surface area contributed by atoms with Crippen molar-refractivity contribution in [3.8, 4) is 0 Å². The summed E-state index contributed by atoms with van der Waals surface area (Å²) in [6.45, 7) is 12.3. The van der Waals surface area contributed by atoms with Gasteiger partial charge in [0, 0.05) is 49.9 Å². The summed E-state index contributed by atoms with van der Waals surface area (Å²) in [6.07, 6.45) is 0.469. The number of rotatable bonds is 6. The monoisotopic (exact) mass is 470 g/mol. The Balaban J connectivity index is 1.78. The van der Waals surface area contributed by atoms with Crippen molar-refractivity contribution < 1.29 is 19.1 Å². The van der Waals surface area contributed by atoms with E-state index in [0.29, 0.717) is 17.7 Å². The minimum absolute atomic E-state index is 0.0444. The number of piperazine rings is 1. The van der Waals surface area contributed by atoms with Crippen molar-refractivity contribution in [3.05, 3.63) is 29.3 Å². The third-order valence-corrected chi connectivity index (χ3v) is 8.14. The molecule has 8 heteroatoms. The van der Waals surface area contributed by atoms with Crippen molar-refractivity contribution in [3.63, 3.8) is 0 Å². The summed E-state index contributed by atoms with van der Waals surface area (Å²) in [4.78, 5) is 45.7. The Morgan fingerprint density at radius 3 is 2.50 bits per heavy atom. The van der Waals surface area contributed by atoms with Gasteiger partial charge in [-0.05, 0) is 42.6 Å². The quantitative estimate of drug-likeness (QED) is 0.682. The maximum Gasteiger partial charge on any atom is 0.249 e. The van der Waals surface area contributed by atoms with Gasteiger partial charge in [-0.1, -0.05) is 27.7 Å². The van der Waals surface area contributed by atoms with Crippen molar-refractivity contribution in [2.75, 3.05) is 51.3 Å². The van der Waals surface area contributed by atoms with Crippen LogP contribution in [0.5, 0.6) is 0 Å². The molecular formula is C26H38N4O4. The molecule has 0 bridgehead atoms. The van der Waals surface area contributed by atoms with Crippen LogP contribution in [0.3, 0.4) is 0 Å². The van der Waals surface area contributed by atoms with Crippen LogP contribution >= 0.6 is 0 Å². The molecule has 1 aromatic carbocycles. The number of ether oxygens (including phenoxy) is 1. The van der Waals surface area contributed by atoms with Crippen LogP contribution in [0.4, 0.5) is 5.69 Å². The van der Waals surface area contributed by atoms with Gasteiger partial charge >= 0.3 is 0 Å². The highest BCUT2D eigenvalue weighted by molar-refractivity contribution is 5.99. The summed E-state index contributed by atoms with van der Waals surface area (Å²) in [7, 11) is 2.11. The van der Waals surface area contributed by atoms with E-state index in [-0.39, 0.29) is 30.3 Å². The van der Waals surface area contributed by atoms with Crippen LogP contribution < -0.4 is 10.6 Å². The molecule has 0 radical (unpaired) electrons. The zero-order valence-electron chi connectivity index (χ0n) is 21.0. The van der Waals surface area contributed by atoms with Crippen molar-refractivity contribution in [1.29, 1.82) is 0 Å². The number of nitrogens with zero attached hydrogens (tertiary/aromatic N) is 3. The smallest absolute Gasteiger partial charge is 0.249 e. The lowest BCUT2D eigenvalue weighted by Gasteiger charge is -2.38. The normalized spacial score (nSPS) is 26.6. The zero-order valence-corrected chi connectivity index (χ0v) is 21.0. The fourth-order valence-electron chi connectivity index (χ4n) is 5.65. The van der Waals surface area contributed by atoms with Crippen molar-refractivity contribution in [2.24, 2.45) is 17.1 Å². The van der Waals surface area contributed by atoms with E-state index in [4.69, 9.17) is 10.5 Å². The number of carbonyl (C=O) groups is 3. The van der Waals surface area contributed by atoms with E-state index < -0.39 is 23.3 Å². The van der Waals surface area contributed by atoms with Crippen molar-refractivity contribution in [2.45, 2.75) is 52.2 Å². The van der Waals surface area contributed by atoms with Crippen LogP contribution in [0.1, 0.15) is 56.0 Å². The number of benzene rings is 1. The van der Waals surface area contributed by atoms with Gasteiger partial charge in [-0.25, -0.2) is 0 Å². The van der Waals surface area contributed by atoms with Gasteiger partial charge in [-0.3, -0.25) is 14.4 Å². The number of hydrogen-bond donors (Lipinski definition) is 1. The SMILES string of the molecule is CCC(C)(C)[C@H](C(=O)N1C[C@H](C)[C@H]2OCC(=O)[C@H]21)c1cc(N2CCN(C)CC2)ccc1C(N)=O. The zero-order chi connectivity index (χ0) is 24.8. The molecule has 0 saturated carbocycles. The van der Waals surface area contributed by atoms with E-state index in [0.717, 1.165) is 38.3 Å².